The van der Waals surface area contributed by atoms with Gasteiger partial charge in [-0.15, -0.1) is 0 Å². The summed E-state index contributed by atoms with van der Waals surface area (Å²) in [5.41, 5.74) is 1.72. The quantitative estimate of drug-likeness (QED) is 0.462. The Hall–Kier alpha value is -4.01. The molecule has 1 heterocycles. The lowest BCUT2D eigenvalue weighted by Gasteiger charge is -2.26. The summed E-state index contributed by atoms with van der Waals surface area (Å²) < 4.78 is 5.50. The fraction of sp³-hybridized carbons (Fsp3) is 0.227. The van der Waals surface area contributed by atoms with Gasteiger partial charge in [-0.3, -0.25) is 0 Å². The smallest absolute Gasteiger partial charge is 0.408 e. The molecule has 0 aliphatic carbocycles. The summed E-state index contributed by atoms with van der Waals surface area (Å²) in [6.07, 6.45) is 2.18. The van der Waals surface area contributed by atoms with E-state index in [0.29, 0.717) is 11.4 Å². The van der Waals surface area contributed by atoms with Crippen LogP contribution in [0.1, 0.15) is 25.1 Å². The van der Waals surface area contributed by atoms with Crippen molar-refractivity contribution >= 4 is 23.4 Å². The van der Waals surface area contributed by atoms with E-state index >= 15 is 0 Å². The number of carboxylic acids is 1. The SMILES string of the molecule is CC(C)(OC(=O)NC(Cc1cnc[nH]1)C(=O)O)c1ccc(N=Nc2ccccc2)cc1. The molecule has 1 atom stereocenters. The molecule has 0 bridgehead atoms. The number of azo groups is 1. The van der Waals surface area contributed by atoms with E-state index in [1.54, 1.807) is 38.1 Å². The highest BCUT2D eigenvalue weighted by atomic mass is 16.6. The van der Waals surface area contributed by atoms with Crippen LogP contribution in [0, 0.1) is 0 Å². The molecule has 0 radical (unpaired) electrons. The topological polar surface area (TPSA) is 129 Å². The number of aromatic nitrogens is 2. The van der Waals surface area contributed by atoms with E-state index in [9.17, 15) is 14.7 Å². The number of hydrogen-bond donors (Lipinski definition) is 3. The zero-order valence-electron chi connectivity index (χ0n) is 17.1. The van der Waals surface area contributed by atoms with Gasteiger partial charge < -0.3 is 20.1 Å². The Morgan fingerprint density at radius 1 is 1.10 bits per heavy atom. The first-order chi connectivity index (χ1) is 14.8. The zero-order chi connectivity index (χ0) is 22.3. The molecule has 1 aromatic heterocycles. The van der Waals surface area contributed by atoms with Crippen molar-refractivity contribution in [3.8, 4) is 0 Å². The van der Waals surface area contributed by atoms with Crippen LogP contribution in [-0.2, 0) is 21.6 Å². The molecule has 0 spiro atoms. The molecule has 0 aliphatic rings. The van der Waals surface area contributed by atoms with Gasteiger partial charge in [0.25, 0.3) is 0 Å². The highest BCUT2D eigenvalue weighted by molar-refractivity contribution is 5.80. The molecule has 1 amide bonds. The first-order valence-corrected chi connectivity index (χ1v) is 9.60. The molecule has 160 valence electrons. The van der Waals surface area contributed by atoms with Gasteiger partial charge in [0.2, 0.25) is 0 Å². The average molecular weight is 421 g/mol. The Morgan fingerprint density at radius 2 is 1.74 bits per heavy atom. The van der Waals surface area contributed by atoms with Gasteiger partial charge in [0.1, 0.15) is 11.6 Å². The molecule has 0 fully saturated rings. The number of nitrogens with one attached hydrogen (secondary N) is 2. The molecular weight excluding hydrogens is 398 g/mol. The second-order valence-corrected chi connectivity index (χ2v) is 7.30. The number of ether oxygens (including phenoxy) is 1. The summed E-state index contributed by atoms with van der Waals surface area (Å²) in [5.74, 6) is -1.17. The number of aromatic amines is 1. The van der Waals surface area contributed by atoms with Crippen molar-refractivity contribution in [1.82, 2.24) is 15.3 Å². The first-order valence-electron chi connectivity index (χ1n) is 9.60. The maximum atomic E-state index is 12.3. The number of alkyl carbamates (subject to hydrolysis) is 1. The highest BCUT2D eigenvalue weighted by Gasteiger charge is 2.28. The number of H-pyrrole nitrogens is 1. The molecule has 3 N–H and O–H groups in total. The summed E-state index contributed by atoms with van der Waals surface area (Å²) >= 11 is 0. The molecule has 0 saturated carbocycles. The fourth-order valence-electron chi connectivity index (χ4n) is 2.82. The summed E-state index contributed by atoms with van der Waals surface area (Å²) in [4.78, 5) is 30.5. The van der Waals surface area contributed by atoms with Gasteiger partial charge in [-0.25, -0.2) is 14.6 Å². The summed E-state index contributed by atoms with van der Waals surface area (Å²) in [6.45, 7) is 3.44. The number of benzene rings is 2. The predicted octanol–water partition coefficient (Wildman–Crippen LogP) is 4.48. The minimum absolute atomic E-state index is 0.0615. The number of hydrogen-bond acceptors (Lipinski definition) is 6. The first kappa shape index (κ1) is 21.7. The normalized spacial score (nSPS) is 12.5. The molecule has 0 saturated heterocycles. The summed E-state index contributed by atoms with van der Waals surface area (Å²) in [5, 5.41) is 20.1. The molecule has 9 nitrogen and oxygen atoms in total. The van der Waals surface area contributed by atoms with Crippen LogP contribution in [0.3, 0.4) is 0 Å². The van der Waals surface area contributed by atoms with Crippen LogP contribution < -0.4 is 5.32 Å². The van der Waals surface area contributed by atoms with Crippen molar-refractivity contribution in [3.05, 3.63) is 78.4 Å². The van der Waals surface area contributed by atoms with Crippen LogP contribution >= 0.6 is 0 Å². The van der Waals surface area contributed by atoms with E-state index in [1.807, 2.05) is 30.3 Å². The van der Waals surface area contributed by atoms with E-state index in [4.69, 9.17) is 4.74 Å². The monoisotopic (exact) mass is 421 g/mol. The number of carboxylic acid groups (broad SMARTS) is 1. The number of carbonyl (C=O) groups excluding carboxylic acids is 1. The van der Waals surface area contributed by atoms with E-state index in [0.717, 1.165) is 11.3 Å². The Bertz CT molecular complexity index is 1030. The van der Waals surface area contributed by atoms with Crippen molar-refractivity contribution in [2.75, 3.05) is 0 Å². The third-order valence-electron chi connectivity index (χ3n) is 4.52. The lowest BCUT2D eigenvalue weighted by Crippen LogP contribution is -2.44. The predicted molar refractivity (Wildman–Crippen MR) is 113 cm³/mol. The molecule has 31 heavy (non-hydrogen) atoms. The van der Waals surface area contributed by atoms with Crippen LogP contribution in [-0.4, -0.2) is 33.2 Å². The van der Waals surface area contributed by atoms with Crippen molar-refractivity contribution in [2.24, 2.45) is 10.2 Å². The second-order valence-electron chi connectivity index (χ2n) is 7.30. The summed E-state index contributed by atoms with van der Waals surface area (Å²) in [6, 6.07) is 15.3. The average Bonchev–Trinajstić information content (AvgIpc) is 3.25. The number of amides is 1. The van der Waals surface area contributed by atoms with Gasteiger partial charge >= 0.3 is 12.1 Å². The molecule has 2 aromatic carbocycles. The van der Waals surface area contributed by atoms with Crippen molar-refractivity contribution in [1.29, 1.82) is 0 Å². The number of nitrogens with zero attached hydrogens (tertiary/aromatic N) is 3. The summed E-state index contributed by atoms with van der Waals surface area (Å²) in [7, 11) is 0. The third kappa shape index (κ3) is 6.23. The van der Waals surface area contributed by atoms with Crippen LogP contribution in [0.5, 0.6) is 0 Å². The van der Waals surface area contributed by atoms with Crippen LogP contribution in [0.4, 0.5) is 16.2 Å². The number of imidazole rings is 1. The van der Waals surface area contributed by atoms with E-state index < -0.39 is 23.7 Å². The van der Waals surface area contributed by atoms with Crippen LogP contribution in [0.15, 0.2) is 77.3 Å². The molecule has 3 rings (SSSR count). The van der Waals surface area contributed by atoms with Crippen LogP contribution in [0.2, 0.25) is 0 Å². The molecular formula is C22H23N5O4. The van der Waals surface area contributed by atoms with E-state index in [-0.39, 0.29) is 6.42 Å². The van der Waals surface area contributed by atoms with Gasteiger partial charge in [-0.2, -0.15) is 10.2 Å². The number of aliphatic carboxylic acids is 1. The largest absolute Gasteiger partial charge is 0.480 e. The minimum Gasteiger partial charge on any atom is -0.480 e. The second kappa shape index (κ2) is 9.66. The molecule has 0 aliphatic heterocycles. The fourth-order valence-corrected chi connectivity index (χ4v) is 2.82. The van der Waals surface area contributed by atoms with Crippen molar-refractivity contribution in [2.45, 2.75) is 31.9 Å². The van der Waals surface area contributed by atoms with Gasteiger partial charge in [-0.1, -0.05) is 30.3 Å². The number of carbonyl (C=O) groups is 2. The maximum absolute atomic E-state index is 12.3. The molecule has 1 unspecified atom stereocenters. The molecule has 3 aromatic rings. The Labute approximate surface area is 179 Å². The minimum atomic E-state index is -1.17. The Morgan fingerprint density at radius 3 is 2.32 bits per heavy atom. The maximum Gasteiger partial charge on any atom is 0.408 e. The lowest BCUT2D eigenvalue weighted by atomic mass is 9.98. The van der Waals surface area contributed by atoms with Gasteiger partial charge in [0.05, 0.1) is 17.7 Å². The molecule has 9 heteroatoms. The van der Waals surface area contributed by atoms with Gasteiger partial charge in [0, 0.05) is 18.3 Å². The highest BCUT2D eigenvalue weighted by Crippen LogP contribution is 2.27. The Kier molecular flexibility index (Phi) is 6.76. The van der Waals surface area contributed by atoms with Crippen LogP contribution in [0.25, 0.3) is 0 Å². The van der Waals surface area contributed by atoms with Crippen molar-refractivity contribution < 1.29 is 19.4 Å². The lowest BCUT2D eigenvalue weighted by molar-refractivity contribution is -0.139. The van der Waals surface area contributed by atoms with E-state index in [1.165, 1.54) is 12.5 Å². The van der Waals surface area contributed by atoms with Gasteiger partial charge in [0.15, 0.2) is 0 Å². The Balaban J connectivity index is 1.61. The van der Waals surface area contributed by atoms with Crippen molar-refractivity contribution in [3.63, 3.8) is 0 Å². The van der Waals surface area contributed by atoms with E-state index in [2.05, 4.69) is 25.5 Å². The number of rotatable bonds is 8. The van der Waals surface area contributed by atoms with Gasteiger partial charge in [-0.05, 0) is 43.7 Å². The third-order valence-corrected chi connectivity index (χ3v) is 4.52. The zero-order valence-corrected chi connectivity index (χ0v) is 17.1. The standard InChI is InChI=1S/C22H23N5O4/c1-22(2,31-21(30)25-19(20(28)29)12-18-13-23-14-24-18)15-8-10-17(11-9-15)27-26-16-6-4-3-5-7-16/h3-11,13-14,19H,12H2,1-2H3,(H,23,24)(H,25,30)(H,28,29).